The van der Waals surface area contributed by atoms with E-state index in [1.807, 2.05) is 24.4 Å². The van der Waals surface area contributed by atoms with Crippen LogP contribution in [0.1, 0.15) is 17.7 Å². The van der Waals surface area contributed by atoms with Gasteiger partial charge in [-0.1, -0.05) is 18.2 Å². The standard InChI is InChI=1S/C26H32N4O4S3.C2HF3O2/c1-33-12-10-29(11-13-34-2)18-21-16-27-26(36-21)22-15-20-5-3-6-23(25(20)28-22)30(17-19-8-9-19)37(31,32)24-7-4-14-35-24;3-2(4,5)1(6)7/h3-7,14-16,19,28H,8-13,17-18H2,1-2H3;(H,6,7). The number of aliphatic carboxylic acids is 1. The van der Waals surface area contributed by atoms with Gasteiger partial charge in [0, 0.05) is 56.9 Å². The molecule has 0 atom stereocenters. The molecule has 1 aliphatic rings. The number of fused-ring (bicyclic) bond motifs is 1. The number of para-hydroxylation sites is 1. The van der Waals surface area contributed by atoms with Crippen LogP contribution in [0.5, 0.6) is 0 Å². The minimum Gasteiger partial charge on any atom is -0.475 e. The molecule has 0 spiro atoms. The number of hydrogen-bond acceptors (Lipinski definition) is 9. The van der Waals surface area contributed by atoms with Gasteiger partial charge in [0.15, 0.2) is 0 Å². The topological polar surface area (TPSA) is 125 Å². The Morgan fingerprint density at radius 2 is 1.82 bits per heavy atom. The fraction of sp³-hybridized carbons (Fsp3) is 0.429. The molecular weight excluding hydrogens is 642 g/mol. The van der Waals surface area contributed by atoms with Gasteiger partial charge in [-0.3, -0.25) is 9.21 Å². The molecule has 240 valence electrons. The summed E-state index contributed by atoms with van der Waals surface area (Å²) < 4.78 is 71.5. The molecule has 5 rings (SSSR count). The summed E-state index contributed by atoms with van der Waals surface area (Å²) in [5, 5.41) is 10.8. The van der Waals surface area contributed by atoms with E-state index in [4.69, 9.17) is 19.4 Å². The number of hydrogen-bond donors (Lipinski definition) is 2. The molecule has 0 aliphatic heterocycles. The molecule has 1 saturated carbocycles. The van der Waals surface area contributed by atoms with Gasteiger partial charge in [-0.15, -0.1) is 22.7 Å². The number of nitrogens with one attached hydrogen (secondary N) is 1. The first kappa shape index (κ1) is 33.9. The second-order valence-corrected chi connectivity index (χ2v) is 14.2. The van der Waals surface area contributed by atoms with E-state index in [9.17, 15) is 21.6 Å². The van der Waals surface area contributed by atoms with Gasteiger partial charge >= 0.3 is 12.1 Å². The van der Waals surface area contributed by atoms with Gasteiger partial charge < -0.3 is 19.6 Å². The number of aromatic amines is 1. The number of halogens is 3. The number of alkyl halides is 3. The van der Waals surface area contributed by atoms with E-state index in [1.165, 1.54) is 11.3 Å². The van der Waals surface area contributed by atoms with Crippen molar-refractivity contribution in [1.82, 2.24) is 14.9 Å². The highest BCUT2D eigenvalue weighted by Gasteiger charge is 2.38. The molecule has 1 aromatic carbocycles. The van der Waals surface area contributed by atoms with Gasteiger partial charge in [0.2, 0.25) is 0 Å². The molecule has 0 amide bonds. The van der Waals surface area contributed by atoms with Crippen LogP contribution in [0.15, 0.2) is 52.2 Å². The van der Waals surface area contributed by atoms with Crippen molar-refractivity contribution in [3.8, 4) is 10.7 Å². The number of rotatable bonds is 14. The molecule has 0 saturated heterocycles. The fourth-order valence-corrected chi connectivity index (χ4v) is 7.86. The van der Waals surface area contributed by atoms with Gasteiger partial charge in [-0.05, 0) is 42.3 Å². The largest absolute Gasteiger partial charge is 0.490 e. The predicted molar refractivity (Wildman–Crippen MR) is 164 cm³/mol. The summed E-state index contributed by atoms with van der Waals surface area (Å²) in [5.74, 6) is -2.35. The fourth-order valence-electron chi connectivity index (χ4n) is 4.28. The summed E-state index contributed by atoms with van der Waals surface area (Å²) in [6.07, 6.45) is -1.04. The lowest BCUT2D eigenvalue weighted by Crippen LogP contribution is -2.32. The van der Waals surface area contributed by atoms with Crippen molar-refractivity contribution in [1.29, 1.82) is 0 Å². The van der Waals surface area contributed by atoms with Crippen LogP contribution in [0.25, 0.3) is 21.6 Å². The number of carboxylic acid groups (broad SMARTS) is 1. The van der Waals surface area contributed by atoms with Crippen molar-refractivity contribution in [2.75, 3.05) is 51.4 Å². The summed E-state index contributed by atoms with van der Waals surface area (Å²) in [6.45, 7) is 4.21. The highest BCUT2D eigenvalue weighted by Crippen LogP contribution is 2.39. The van der Waals surface area contributed by atoms with E-state index in [1.54, 1.807) is 47.4 Å². The van der Waals surface area contributed by atoms with Crippen molar-refractivity contribution in [3.63, 3.8) is 0 Å². The molecule has 0 radical (unpaired) electrons. The Balaban J connectivity index is 0.000000566. The van der Waals surface area contributed by atoms with Crippen molar-refractivity contribution in [3.05, 3.63) is 52.9 Å². The molecule has 1 fully saturated rings. The van der Waals surface area contributed by atoms with Gasteiger partial charge in [0.1, 0.15) is 9.22 Å². The first-order valence-electron chi connectivity index (χ1n) is 13.6. The number of thiophene rings is 1. The molecule has 1 aliphatic carbocycles. The van der Waals surface area contributed by atoms with Crippen LogP contribution in [-0.4, -0.2) is 87.6 Å². The number of thiazole rings is 1. The Morgan fingerprint density at radius 1 is 1.14 bits per heavy atom. The third-order valence-corrected chi connectivity index (χ3v) is 10.9. The molecule has 10 nitrogen and oxygen atoms in total. The maximum absolute atomic E-state index is 13.6. The number of nitrogens with zero attached hydrogens (tertiary/aromatic N) is 3. The average Bonchev–Trinajstić information content (AvgIpc) is 3.37. The number of carbonyl (C=O) groups is 1. The van der Waals surface area contributed by atoms with Crippen LogP contribution in [0.2, 0.25) is 0 Å². The minimum atomic E-state index is -5.08. The number of benzene rings is 1. The number of carboxylic acids is 1. The van der Waals surface area contributed by atoms with Gasteiger partial charge in [-0.2, -0.15) is 13.2 Å². The second-order valence-electron chi connectivity index (χ2n) is 10.0. The van der Waals surface area contributed by atoms with E-state index in [-0.39, 0.29) is 0 Å². The summed E-state index contributed by atoms with van der Waals surface area (Å²) in [7, 11) is -0.226. The highest BCUT2D eigenvalue weighted by atomic mass is 32.2. The normalized spacial score (nSPS) is 13.7. The maximum atomic E-state index is 13.6. The lowest BCUT2D eigenvalue weighted by Gasteiger charge is -2.24. The van der Waals surface area contributed by atoms with Crippen LogP contribution in [0.4, 0.5) is 18.9 Å². The second kappa shape index (κ2) is 14.8. The zero-order valence-corrected chi connectivity index (χ0v) is 26.5. The smallest absolute Gasteiger partial charge is 0.475 e. The zero-order valence-electron chi connectivity index (χ0n) is 24.0. The van der Waals surface area contributed by atoms with Crippen LogP contribution in [-0.2, 0) is 30.8 Å². The van der Waals surface area contributed by atoms with Crippen molar-refractivity contribution in [2.45, 2.75) is 29.8 Å². The summed E-state index contributed by atoms with van der Waals surface area (Å²) in [6, 6.07) is 11.4. The number of sulfonamides is 1. The third kappa shape index (κ3) is 8.79. The Labute approximate surface area is 261 Å². The molecule has 16 heteroatoms. The Hall–Kier alpha value is -3.02. The predicted octanol–water partition coefficient (Wildman–Crippen LogP) is 5.69. The molecule has 3 aromatic heterocycles. The summed E-state index contributed by atoms with van der Waals surface area (Å²) >= 11 is 2.90. The maximum Gasteiger partial charge on any atom is 0.490 e. The number of aromatic nitrogens is 2. The van der Waals surface area contributed by atoms with Crippen LogP contribution in [0, 0.1) is 5.92 Å². The lowest BCUT2D eigenvalue weighted by atomic mass is 10.2. The SMILES string of the molecule is COCCN(CCOC)Cc1cnc(-c2cc3cccc(N(CC4CC4)S(=O)(=O)c4cccs4)c3[nH]2)s1.O=C(O)C(F)(F)F. The van der Waals surface area contributed by atoms with Gasteiger partial charge in [0.05, 0.1) is 30.1 Å². The number of ether oxygens (including phenoxy) is 2. The molecule has 2 N–H and O–H groups in total. The van der Waals surface area contributed by atoms with E-state index in [0.717, 1.165) is 59.0 Å². The highest BCUT2D eigenvalue weighted by molar-refractivity contribution is 7.94. The molecule has 3 heterocycles. The third-order valence-electron chi connectivity index (χ3n) is 6.69. The van der Waals surface area contributed by atoms with Crippen molar-refractivity contribution in [2.24, 2.45) is 5.92 Å². The van der Waals surface area contributed by atoms with E-state index in [2.05, 4.69) is 20.9 Å². The molecule has 44 heavy (non-hydrogen) atoms. The molecule has 0 unspecified atom stereocenters. The number of H-pyrrole nitrogens is 1. The van der Waals surface area contributed by atoms with Crippen LogP contribution >= 0.6 is 22.7 Å². The summed E-state index contributed by atoms with van der Waals surface area (Å²) in [4.78, 5) is 20.5. The van der Waals surface area contributed by atoms with E-state index < -0.39 is 22.2 Å². The first-order chi connectivity index (χ1) is 20.9. The first-order valence-corrected chi connectivity index (χ1v) is 16.7. The van der Waals surface area contributed by atoms with E-state index in [0.29, 0.717) is 35.6 Å². The Morgan fingerprint density at radius 3 is 2.39 bits per heavy atom. The lowest BCUT2D eigenvalue weighted by molar-refractivity contribution is -0.192. The molecular formula is C28H33F3N4O6S3. The molecule has 4 aromatic rings. The number of methoxy groups -OCH3 is 2. The monoisotopic (exact) mass is 674 g/mol. The van der Waals surface area contributed by atoms with Gasteiger partial charge in [0.25, 0.3) is 10.0 Å². The Bertz CT molecular complexity index is 1610. The van der Waals surface area contributed by atoms with Crippen molar-refractivity contribution < 1.29 is 41.0 Å². The average molecular weight is 675 g/mol. The van der Waals surface area contributed by atoms with E-state index >= 15 is 0 Å². The molecule has 0 bridgehead atoms. The summed E-state index contributed by atoms with van der Waals surface area (Å²) in [5.41, 5.74) is 2.39. The number of anilines is 1. The zero-order chi connectivity index (χ0) is 31.9. The van der Waals surface area contributed by atoms with Crippen LogP contribution < -0.4 is 4.31 Å². The minimum absolute atomic E-state index is 0.369. The van der Waals surface area contributed by atoms with Gasteiger partial charge in [-0.25, -0.2) is 18.2 Å². The van der Waals surface area contributed by atoms with Crippen LogP contribution in [0.3, 0.4) is 0 Å². The quantitative estimate of drug-likeness (QED) is 0.175. The Kier molecular flexibility index (Phi) is 11.4. The van der Waals surface area contributed by atoms with Crippen molar-refractivity contribution >= 4 is 55.3 Å².